The van der Waals surface area contributed by atoms with Crippen molar-refractivity contribution in [1.29, 1.82) is 5.41 Å². The van der Waals surface area contributed by atoms with Crippen molar-refractivity contribution in [2.75, 3.05) is 0 Å². The van der Waals surface area contributed by atoms with Gasteiger partial charge in [-0.05, 0) is 5.56 Å². The Morgan fingerprint density at radius 2 is 1.88 bits per heavy atom. The SMILES string of the molecule is CC(F)(F)c1ccc(C(=N)CC(N)=S)cc1. The lowest BCUT2D eigenvalue weighted by molar-refractivity contribution is 0.0175. The zero-order chi connectivity index (χ0) is 12.3. The highest BCUT2D eigenvalue weighted by atomic mass is 32.1. The molecular weight excluding hydrogens is 230 g/mol. The minimum Gasteiger partial charge on any atom is -0.393 e. The van der Waals surface area contributed by atoms with Gasteiger partial charge in [-0.1, -0.05) is 36.5 Å². The van der Waals surface area contributed by atoms with Crippen molar-refractivity contribution in [3.05, 3.63) is 35.4 Å². The van der Waals surface area contributed by atoms with E-state index in [0.29, 0.717) is 5.56 Å². The van der Waals surface area contributed by atoms with E-state index in [4.69, 9.17) is 11.1 Å². The highest BCUT2D eigenvalue weighted by Gasteiger charge is 2.23. The Bertz CT molecular complexity index is 407. The standard InChI is InChI=1S/C11H12F2N2S/c1-11(12,13)8-4-2-7(3-5-8)9(14)6-10(15)16/h2-5,14H,6H2,1H3,(H2,15,16). The Labute approximate surface area is 98.0 Å². The van der Waals surface area contributed by atoms with Gasteiger partial charge >= 0.3 is 0 Å². The summed E-state index contributed by atoms with van der Waals surface area (Å²) in [6, 6.07) is 5.58. The molecule has 0 atom stereocenters. The van der Waals surface area contributed by atoms with E-state index in [-0.39, 0.29) is 22.7 Å². The monoisotopic (exact) mass is 242 g/mol. The van der Waals surface area contributed by atoms with Gasteiger partial charge in [-0.25, -0.2) is 8.78 Å². The lowest BCUT2D eigenvalue weighted by Gasteiger charge is -2.11. The fourth-order valence-electron chi connectivity index (χ4n) is 1.24. The van der Waals surface area contributed by atoms with Gasteiger partial charge < -0.3 is 11.1 Å². The molecule has 0 aliphatic heterocycles. The Hall–Kier alpha value is -1.36. The smallest absolute Gasteiger partial charge is 0.270 e. The van der Waals surface area contributed by atoms with Gasteiger partial charge in [0, 0.05) is 24.6 Å². The summed E-state index contributed by atoms with van der Waals surface area (Å²) in [4.78, 5) is 0.217. The molecule has 0 heterocycles. The molecule has 0 saturated carbocycles. The summed E-state index contributed by atoms with van der Waals surface area (Å²) >= 11 is 4.67. The molecule has 1 aromatic rings. The maximum absolute atomic E-state index is 12.9. The fourth-order valence-corrected chi connectivity index (χ4v) is 1.38. The van der Waals surface area contributed by atoms with Gasteiger partial charge in [0.25, 0.3) is 5.92 Å². The van der Waals surface area contributed by atoms with Crippen molar-refractivity contribution in [3.63, 3.8) is 0 Å². The molecule has 0 aromatic heterocycles. The van der Waals surface area contributed by atoms with Gasteiger partial charge in [-0.3, -0.25) is 0 Å². The van der Waals surface area contributed by atoms with Crippen LogP contribution in [0.5, 0.6) is 0 Å². The fraction of sp³-hybridized carbons (Fsp3) is 0.273. The van der Waals surface area contributed by atoms with Crippen LogP contribution < -0.4 is 5.73 Å². The Morgan fingerprint density at radius 3 is 2.25 bits per heavy atom. The molecule has 0 radical (unpaired) electrons. The number of halogens is 2. The van der Waals surface area contributed by atoms with Crippen LogP contribution in [0.4, 0.5) is 8.78 Å². The summed E-state index contributed by atoms with van der Waals surface area (Å²) in [6.45, 7) is 0.836. The first kappa shape index (κ1) is 12.7. The molecule has 1 aromatic carbocycles. The summed E-state index contributed by atoms with van der Waals surface area (Å²) in [6.07, 6.45) is 0.178. The predicted molar refractivity (Wildman–Crippen MR) is 64.2 cm³/mol. The molecule has 0 bridgehead atoms. The topological polar surface area (TPSA) is 49.9 Å². The number of nitrogens with two attached hydrogens (primary N) is 1. The van der Waals surface area contributed by atoms with Crippen LogP contribution in [-0.2, 0) is 5.92 Å². The first-order valence-corrected chi connectivity index (χ1v) is 5.06. The van der Waals surface area contributed by atoms with Gasteiger partial charge in [0.15, 0.2) is 0 Å². The Kier molecular flexibility index (Phi) is 3.70. The third kappa shape index (κ3) is 3.34. The third-order valence-corrected chi connectivity index (χ3v) is 2.24. The molecule has 2 nitrogen and oxygen atoms in total. The van der Waals surface area contributed by atoms with Crippen LogP contribution in [0.1, 0.15) is 24.5 Å². The second kappa shape index (κ2) is 4.65. The summed E-state index contributed by atoms with van der Waals surface area (Å²) in [5, 5.41) is 7.63. The molecule has 0 aliphatic rings. The predicted octanol–water partition coefficient (Wildman–Crippen LogP) is 2.84. The van der Waals surface area contributed by atoms with Gasteiger partial charge in [-0.15, -0.1) is 0 Å². The van der Waals surface area contributed by atoms with Crippen molar-refractivity contribution in [2.24, 2.45) is 5.73 Å². The van der Waals surface area contributed by atoms with E-state index >= 15 is 0 Å². The summed E-state index contributed by atoms with van der Waals surface area (Å²) in [5.41, 5.74) is 6.02. The highest BCUT2D eigenvalue weighted by Crippen LogP contribution is 2.26. The number of thiocarbonyl (C=S) groups is 1. The minimum atomic E-state index is -2.86. The van der Waals surface area contributed by atoms with Crippen LogP contribution in [0.15, 0.2) is 24.3 Å². The van der Waals surface area contributed by atoms with Crippen LogP contribution in [0.3, 0.4) is 0 Å². The maximum Gasteiger partial charge on any atom is 0.270 e. The Morgan fingerprint density at radius 1 is 1.38 bits per heavy atom. The molecule has 3 N–H and O–H groups in total. The van der Waals surface area contributed by atoms with E-state index in [1.54, 1.807) is 0 Å². The number of hydrogen-bond donors (Lipinski definition) is 2. The van der Waals surface area contributed by atoms with E-state index in [1.807, 2.05) is 0 Å². The zero-order valence-electron chi connectivity index (χ0n) is 8.76. The second-order valence-corrected chi connectivity index (χ2v) is 4.11. The largest absolute Gasteiger partial charge is 0.393 e. The molecule has 5 heteroatoms. The highest BCUT2D eigenvalue weighted by molar-refractivity contribution is 7.80. The Balaban J connectivity index is 2.87. The number of benzene rings is 1. The first-order valence-electron chi connectivity index (χ1n) is 4.65. The van der Waals surface area contributed by atoms with Crippen LogP contribution >= 0.6 is 12.2 Å². The van der Waals surface area contributed by atoms with Crippen LogP contribution in [0.2, 0.25) is 0 Å². The van der Waals surface area contributed by atoms with Crippen LogP contribution in [0.25, 0.3) is 0 Å². The molecule has 0 fully saturated rings. The van der Waals surface area contributed by atoms with Crippen LogP contribution in [0, 0.1) is 5.41 Å². The minimum absolute atomic E-state index is 0.0700. The van der Waals surface area contributed by atoms with Crippen molar-refractivity contribution in [1.82, 2.24) is 0 Å². The van der Waals surface area contributed by atoms with Gasteiger partial charge in [0.2, 0.25) is 0 Å². The molecule has 1 rings (SSSR count). The molecule has 0 unspecified atom stereocenters. The van der Waals surface area contributed by atoms with E-state index < -0.39 is 5.92 Å². The lowest BCUT2D eigenvalue weighted by atomic mass is 10.0. The van der Waals surface area contributed by atoms with Crippen molar-refractivity contribution in [2.45, 2.75) is 19.3 Å². The van der Waals surface area contributed by atoms with Crippen molar-refractivity contribution in [3.8, 4) is 0 Å². The molecule has 0 spiro atoms. The van der Waals surface area contributed by atoms with Crippen molar-refractivity contribution < 1.29 is 8.78 Å². The quantitative estimate of drug-likeness (QED) is 0.630. The van der Waals surface area contributed by atoms with Gasteiger partial charge in [0.1, 0.15) is 0 Å². The normalized spacial score (nSPS) is 11.2. The molecule has 86 valence electrons. The summed E-state index contributed by atoms with van der Waals surface area (Å²) in [5.74, 6) is -2.86. The lowest BCUT2D eigenvalue weighted by Crippen LogP contribution is -2.14. The molecular formula is C11H12F2N2S. The summed E-state index contributed by atoms with van der Waals surface area (Å²) in [7, 11) is 0. The summed E-state index contributed by atoms with van der Waals surface area (Å²) < 4.78 is 25.8. The molecule has 0 aliphatic carbocycles. The number of alkyl halides is 2. The zero-order valence-corrected chi connectivity index (χ0v) is 9.57. The number of hydrogen-bond acceptors (Lipinski definition) is 2. The van der Waals surface area contributed by atoms with Gasteiger partial charge in [-0.2, -0.15) is 0 Å². The second-order valence-electron chi connectivity index (χ2n) is 3.59. The van der Waals surface area contributed by atoms with E-state index in [9.17, 15) is 8.78 Å². The molecule has 16 heavy (non-hydrogen) atoms. The van der Waals surface area contributed by atoms with Gasteiger partial charge in [0.05, 0.1) is 4.99 Å². The van der Waals surface area contributed by atoms with E-state index in [0.717, 1.165) is 6.92 Å². The molecule has 0 saturated heterocycles. The average Bonchev–Trinajstić information content (AvgIpc) is 2.15. The average molecular weight is 242 g/mol. The number of nitrogens with one attached hydrogen (secondary N) is 1. The molecule has 0 amide bonds. The maximum atomic E-state index is 12.9. The first-order chi connectivity index (χ1) is 7.30. The van der Waals surface area contributed by atoms with E-state index in [2.05, 4.69) is 12.2 Å². The van der Waals surface area contributed by atoms with E-state index in [1.165, 1.54) is 24.3 Å². The van der Waals surface area contributed by atoms with Crippen molar-refractivity contribution >= 4 is 22.9 Å². The number of rotatable bonds is 4. The van der Waals surface area contributed by atoms with Crippen LogP contribution in [-0.4, -0.2) is 10.7 Å². The third-order valence-electron chi connectivity index (χ3n) is 2.09.